The predicted molar refractivity (Wildman–Crippen MR) is 49.4 cm³/mol. The van der Waals surface area contributed by atoms with Gasteiger partial charge in [0.2, 0.25) is 0 Å². The predicted octanol–water partition coefficient (Wildman–Crippen LogP) is 2.56. The third-order valence-electron chi connectivity index (χ3n) is 2.10. The highest BCUT2D eigenvalue weighted by molar-refractivity contribution is 5.12. The molecule has 1 aliphatic rings. The Morgan fingerprint density at radius 2 is 2.09 bits per heavy atom. The van der Waals surface area contributed by atoms with E-state index in [4.69, 9.17) is 0 Å². The van der Waals surface area contributed by atoms with Crippen molar-refractivity contribution in [3.63, 3.8) is 0 Å². The van der Waals surface area contributed by atoms with Gasteiger partial charge >= 0.3 is 0 Å². The number of rotatable bonds is 3. The average molecular weight is 151 g/mol. The molecule has 0 aromatic rings. The normalized spacial score (nSPS) is 22.7. The van der Waals surface area contributed by atoms with Crippen molar-refractivity contribution in [2.75, 3.05) is 6.54 Å². The van der Waals surface area contributed by atoms with E-state index in [1.54, 1.807) is 0 Å². The summed E-state index contributed by atoms with van der Waals surface area (Å²) in [5, 5.41) is 0. The Hall–Kier alpha value is -0.720. The average Bonchev–Trinajstić information content (AvgIpc) is 2.06. The smallest absolute Gasteiger partial charge is 0.0470 e. The molecule has 1 nitrogen and oxygen atoms in total. The molecule has 0 saturated carbocycles. The van der Waals surface area contributed by atoms with Gasteiger partial charge in [0.1, 0.15) is 0 Å². The molecule has 11 heavy (non-hydrogen) atoms. The Balaban J connectivity index is 2.48. The van der Waals surface area contributed by atoms with Gasteiger partial charge in [-0.1, -0.05) is 25.5 Å². The molecule has 1 rings (SSSR count). The van der Waals surface area contributed by atoms with Crippen LogP contribution in [0.5, 0.6) is 0 Å². The first-order chi connectivity index (χ1) is 5.38. The van der Waals surface area contributed by atoms with Gasteiger partial charge in [0.05, 0.1) is 0 Å². The maximum atomic E-state index is 2.38. The summed E-state index contributed by atoms with van der Waals surface area (Å²) in [6.07, 6.45) is 11.3. The zero-order valence-electron chi connectivity index (χ0n) is 7.46. The Kier molecular flexibility index (Phi) is 3.21. The zero-order valence-corrected chi connectivity index (χ0v) is 7.46. The molecule has 0 N–H and O–H groups in total. The summed E-state index contributed by atoms with van der Waals surface area (Å²) in [7, 11) is 0. The van der Waals surface area contributed by atoms with E-state index in [2.05, 4.69) is 43.2 Å². The Bertz CT molecular complexity index is 158. The van der Waals surface area contributed by atoms with Gasteiger partial charge in [-0.3, -0.25) is 0 Å². The summed E-state index contributed by atoms with van der Waals surface area (Å²) in [6, 6.07) is 0.648. The van der Waals surface area contributed by atoms with E-state index in [1.807, 2.05) is 0 Å². The largest absolute Gasteiger partial charge is 0.371 e. The molecule has 0 aromatic heterocycles. The molecule has 1 heterocycles. The molecular weight excluding hydrogens is 134 g/mol. The van der Waals surface area contributed by atoms with Crippen LogP contribution in [0.25, 0.3) is 0 Å². The molecule has 0 radical (unpaired) electrons. The minimum absolute atomic E-state index is 0.648. The van der Waals surface area contributed by atoms with Crippen molar-refractivity contribution >= 4 is 0 Å². The van der Waals surface area contributed by atoms with Gasteiger partial charge in [0, 0.05) is 12.6 Å². The van der Waals surface area contributed by atoms with Gasteiger partial charge in [0.25, 0.3) is 0 Å². The van der Waals surface area contributed by atoms with Gasteiger partial charge in [-0.15, -0.1) is 0 Å². The molecule has 0 aliphatic carbocycles. The minimum atomic E-state index is 0.648. The molecular formula is C10H17N. The van der Waals surface area contributed by atoms with E-state index >= 15 is 0 Å². The highest BCUT2D eigenvalue weighted by Crippen LogP contribution is 2.12. The maximum Gasteiger partial charge on any atom is 0.0470 e. The van der Waals surface area contributed by atoms with Crippen LogP contribution in [0.15, 0.2) is 24.4 Å². The summed E-state index contributed by atoms with van der Waals surface area (Å²) in [5.74, 6) is 0. The van der Waals surface area contributed by atoms with E-state index in [9.17, 15) is 0 Å². The van der Waals surface area contributed by atoms with Crippen molar-refractivity contribution in [1.82, 2.24) is 4.90 Å². The van der Waals surface area contributed by atoms with E-state index < -0.39 is 0 Å². The molecule has 0 amide bonds. The number of hydrogen-bond acceptors (Lipinski definition) is 1. The minimum Gasteiger partial charge on any atom is -0.371 e. The number of nitrogens with zero attached hydrogens (tertiary/aromatic N) is 1. The second-order valence-electron chi connectivity index (χ2n) is 2.91. The maximum absolute atomic E-state index is 2.38. The van der Waals surface area contributed by atoms with E-state index in [-0.39, 0.29) is 0 Å². The number of hydrogen-bond donors (Lipinski definition) is 0. The van der Waals surface area contributed by atoms with Crippen LogP contribution in [0.1, 0.15) is 26.7 Å². The van der Waals surface area contributed by atoms with Crippen molar-refractivity contribution in [2.45, 2.75) is 32.7 Å². The van der Waals surface area contributed by atoms with Crippen LogP contribution in [0.4, 0.5) is 0 Å². The lowest BCUT2D eigenvalue weighted by atomic mass is 10.1. The van der Waals surface area contributed by atoms with Crippen molar-refractivity contribution in [2.24, 2.45) is 0 Å². The van der Waals surface area contributed by atoms with Crippen LogP contribution in [-0.2, 0) is 0 Å². The van der Waals surface area contributed by atoms with Crippen molar-refractivity contribution in [3.8, 4) is 0 Å². The first kappa shape index (κ1) is 8.38. The monoisotopic (exact) mass is 151 g/mol. The molecule has 0 aromatic carbocycles. The molecule has 0 bridgehead atoms. The Labute approximate surface area is 69.4 Å². The van der Waals surface area contributed by atoms with Gasteiger partial charge in [0.15, 0.2) is 0 Å². The van der Waals surface area contributed by atoms with E-state index in [1.165, 1.54) is 12.8 Å². The highest BCUT2D eigenvalue weighted by Gasteiger charge is 2.10. The fourth-order valence-corrected chi connectivity index (χ4v) is 1.47. The topological polar surface area (TPSA) is 3.24 Å². The van der Waals surface area contributed by atoms with E-state index in [0.717, 1.165) is 6.54 Å². The van der Waals surface area contributed by atoms with Crippen molar-refractivity contribution < 1.29 is 0 Å². The van der Waals surface area contributed by atoms with Gasteiger partial charge in [-0.25, -0.2) is 0 Å². The SMILES string of the molecule is CCCC1C=CC=CN1CC. The van der Waals surface area contributed by atoms with Crippen molar-refractivity contribution in [3.05, 3.63) is 24.4 Å². The lowest BCUT2D eigenvalue weighted by molar-refractivity contribution is 0.315. The summed E-state index contributed by atoms with van der Waals surface area (Å²) < 4.78 is 0. The second kappa shape index (κ2) is 4.22. The first-order valence-electron chi connectivity index (χ1n) is 4.49. The zero-order chi connectivity index (χ0) is 8.10. The molecule has 0 fully saturated rings. The van der Waals surface area contributed by atoms with Crippen LogP contribution < -0.4 is 0 Å². The molecule has 1 unspecified atom stereocenters. The van der Waals surface area contributed by atoms with Gasteiger partial charge in [-0.2, -0.15) is 0 Å². The summed E-state index contributed by atoms with van der Waals surface area (Å²) in [6.45, 7) is 5.55. The summed E-state index contributed by atoms with van der Waals surface area (Å²) in [5.41, 5.74) is 0. The quantitative estimate of drug-likeness (QED) is 0.599. The van der Waals surface area contributed by atoms with Gasteiger partial charge in [-0.05, 0) is 25.6 Å². The Morgan fingerprint density at radius 1 is 1.27 bits per heavy atom. The summed E-state index contributed by atoms with van der Waals surface area (Å²) >= 11 is 0. The number of likely N-dealkylation sites (N-methyl/N-ethyl adjacent to an activating group) is 1. The number of allylic oxidation sites excluding steroid dienone is 2. The highest BCUT2D eigenvalue weighted by atomic mass is 15.1. The molecule has 0 saturated heterocycles. The molecule has 1 atom stereocenters. The third kappa shape index (κ3) is 2.11. The molecule has 1 aliphatic heterocycles. The lowest BCUT2D eigenvalue weighted by Crippen LogP contribution is -2.29. The second-order valence-corrected chi connectivity index (χ2v) is 2.91. The summed E-state index contributed by atoms with van der Waals surface area (Å²) in [4.78, 5) is 2.38. The van der Waals surface area contributed by atoms with Crippen LogP contribution in [0.2, 0.25) is 0 Å². The van der Waals surface area contributed by atoms with Crippen LogP contribution >= 0.6 is 0 Å². The fraction of sp³-hybridized carbons (Fsp3) is 0.600. The molecule has 62 valence electrons. The fourth-order valence-electron chi connectivity index (χ4n) is 1.47. The molecule has 0 spiro atoms. The lowest BCUT2D eigenvalue weighted by Gasteiger charge is -2.28. The van der Waals surface area contributed by atoms with Gasteiger partial charge < -0.3 is 4.90 Å². The Morgan fingerprint density at radius 3 is 2.73 bits per heavy atom. The third-order valence-corrected chi connectivity index (χ3v) is 2.10. The first-order valence-corrected chi connectivity index (χ1v) is 4.49. The molecule has 1 heteroatoms. The standard InChI is InChI=1S/C10H17N/c1-3-7-10-8-5-6-9-11(10)4-2/h5-6,8-10H,3-4,7H2,1-2H3. The van der Waals surface area contributed by atoms with Crippen LogP contribution in [0.3, 0.4) is 0 Å². The van der Waals surface area contributed by atoms with Crippen molar-refractivity contribution in [1.29, 1.82) is 0 Å². The van der Waals surface area contributed by atoms with Crippen LogP contribution in [0, 0.1) is 0 Å². The van der Waals surface area contributed by atoms with E-state index in [0.29, 0.717) is 6.04 Å². The van der Waals surface area contributed by atoms with Crippen LogP contribution in [-0.4, -0.2) is 17.5 Å².